The standard InChI is InChI=1S/C11H14F3N3O2/c12-11(13,14)9(10(15)17-18)7-19-6-4-8-3-1-2-5-16-8/h1-3,5,9,18H,4,6-7H2,(H2,15,17). The van der Waals surface area contributed by atoms with Crippen LogP contribution in [0.1, 0.15) is 5.69 Å². The molecule has 0 aromatic carbocycles. The number of pyridine rings is 1. The third-order valence-corrected chi connectivity index (χ3v) is 2.38. The summed E-state index contributed by atoms with van der Waals surface area (Å²) < 4.78 is 42.5. The van der Waals surface area contributed by atoms with Crippen molar-refractivity contribution >= 4 is 5.84 Å². The van der Waals surface area contributed by atoms with Gasteiger partial charge in [-0.15, -0.1) is 0 Å². The topological polar surface area (TPSA) is 80.7 Å². The molecule has 1 rings (SSSR count). The number of rotatable bonds is 6. The summed E-state index contributed by atoms with van der Waals surface area (Å²) >= 11 is 0. The van der Waals surface area contributed by atoms with Crippen molar-refractivity contribution in [1.82, 2.24) is 4.98 Å². The van der Waals surface area contributed by atoms with Crippen molar-refractivity contribution in [2.75, 3.05) is 13.2 Å². The van der Waals surface area contributed by atoms with Gasteiger partial charge in [-0.2, -0.15) is 13.2 Å². The Morgan fingerprint density at radius 3 is 2.74 bits per heavy atom. The monoisotopic (exact) mass is 277 g/mol. The Hall–Kier alpha value is -1.83. The molecule has 1 unspecified atom stereocenters. The minimum atomic E-state index is -4.61. The molecule has 0 aliphatic heterocycles. The van der Waals surface area contributed by atoms with Gasteiger partial charge >= 0.3 is 6.18 Å². The Morgan fingerprint density at radius 1 is 1.47 bits per heavy atom. The summed E-state index contributed by atoms with van der Waals surface area (Å²) in [5.74, 6) is -3.02. The summed E-state index contributed by atoms with van der Waals surface area (Å²) in [7, 11) is 0. The molecule has 0 aliphatic rings. The van der Waals surface area contributed by atoms with Crippen LogP contribution in [0.15, 0.2) is 29.6 Å². The molecule has 0 saturated heterocycles. The van der Waals surface area contributed by atoms with Gasteiger partial charge in [0.05, 0.1) is 13.2 Å². The Labute approximate surface area is 107 Å². The minimum absolute atomic E-state index is 0.0717. The number of alkyl halides is 3. The van der Waals surface area contributed by atoms with Gasteiger partial charge < -0.3 is 15.7 Å². The van der Waals surface area contributed by atoms with Gasteiger partial charge in [0.1, 0.15) is 5.92 Å². The molecule has 1 atom stereocenters. The molecular weight excluding hydrogens is 263 g/mol. The minimum Gasteiger partial charge on any atom is -0.409 e. The molecule has 5 nitrogen and oxygen atoms in total. The van der Waals surface area contributed by atoms with Crippen molar-refractivity contribution in [3.8, 4) is 0 Å². The second kappa shape index (κ2) is 6.93. The quantitative estimate of drug-likeness (QED) is 0.272. The lowest BCUT2D eigenvalue weighted by Crippen LogP contribution is -2.39. The van der Waals surface area contributed by atoms with E-state index in [0.717, 1.165) is 5.69 Å². The van der Waals surface area contributed by atoms with Crippen molar-refractivity contribution in [2.45, 2.75) is 12.6 Å². The predicted octanol–water partition coefficient (Wildman–Crippen LogP) is 1.57. The van der Waals surface area contributed by atoms with Gasteiger partial charge in [-0.25, -0.2) is 0 Å². The molecule has 1 aromatic rings. The zero-order chi connectivity index (χ0) is 14.3. The van der Waals surface area contributed by atoms with Crippen LogP contribution in [0.3, 0.4) is 0 Å². The number of aromatic nitrogens is 1. The molecule has 1 aromatic heterocycles. The average molecular weight is 277 g/mol. The van der Waals surface area contributed by atoms with E-state index < -0.39 is 24.5 Å². The maximum Gasteiger partial charge on any atom is 0.401 e. The summed E-state index contributed by atoms with van der Waals surface area (Å²) in [6.07, 6.45) is -2.63. The molecule has 8 heteroatoms. The van der Waals surface area contributed by atoms with Gasteiger partial charge in [-0.05, 0) is 12.1 Å². The second-order valence-corrected chi connectivity index (χ2v) is 3.77. The maximum atomic E-state index is 12.5. The summed E-state index contributed by atoms with van der Waals surface area (Å²) in [5, 5.41) is 10.7. The molecule has 0 spiro atoms. The molecule has 19 heavy (non-hydrogen) atoms. The number of oxime groups is 1. The van der Waals surface area contributed by atoms with Gasteiger partial charge in [0.15, 0.2) is 5.84 Å². The van der Waals surface area contributed by atoms with E-state index in [0.29, 0.717) is 6.42 Å². The van der Waals surface area contributed by atoms with Gasteiger partial charge in [-0.3, -0.25) is 4.98 Å². The number of nitrogens with two attached hydrogens (primary N) is 1. The van der Waals surface area contributed by atoms with E-state index in [1.807, 2.05) is 0 Å². The average Bonchev–Trinajstić information content (AvgIpc) is 2.37. The Balaban J connectivity index is 2.41. The molecule has 3 N–H and O–H groups in total. The number of hydrogen-bond donors (Lipinski definition) is 2. The van der Waals surface area contributed by atoms with E-state index >= 15 is 0 Å². The van der Waals surface area contributed by atoms with Crippen molar-refractivity contribution in [3.05, 3.63) is 30.1 Å². The summed E-state index contributed by atoms with van der Waals surface area (Å²) in [5.41, 5.74) is 5.70. The lowest BCUT2D eigenvalue weighted by Gasteiger charge is -2.18. The van der Waals surface area contributed by atoms with E-state index in [2.05, 4.69) is 10.1 Å². The molecule has 1 heterocycles. The molecule has 0 bridgehead atoms. The molecular formula is C11H14F3N3O2. The normalized spacial score (nSPS) is 14.4. The van der Waals surface area contributed by atoms with Crippen molar-refractivity contribution in [2.24, 2.45) is 16.8 Å². The van der Waals surface area contributed by atoms with Gasteiger partial charge in [-0.1, -0.05) is 11.2 Å². The maximum absolute atomic E-state index is 12.5. The smallest absolute Gasteiger partial charge is 0.401 e. The lowest BCUT2D eigenvalue weighted by molar-refractivity contribution is -0.168. The summed E-state index contributed by atoms with van der Waals surface area (Å²) in [4.78, 5) is 4.00. The van der Waals surface area contributed by atoms with Crippen molar-refractivity contribution < 1.29 is 23.1 Å². The largest absolute Gasteiger partial charge is 0.409 e. The van der Waals surface area contributed by atoms with E-state index in [1.54, 1.807) is 24.4 Å². The van der Waals surface area contributed by atoms with Crippen LogP contribution in [0.25, 0.3) is 0 Å². The number of halogens is 3. The molecule has 0 amide bonds. The van der Waals surface area contributed by atoms with Crippen LogP contribution in [0.4, 0.5) is 13.2 Å². The van der Waals surface area contributed by atoms with Gasteiger partial charge in [0.25, 0.3) is 0 Å². The first kappa shape index (κ1) is 15.2. The Morgan fingerprint density at radius 2 is 2.21 bits per heavy atom. The number of ether oxygens (including phenoxy) is 1. The van der Waals surface area contributed by atoms with E-state index in [-0.39, 0.29) is 6.61 Å². The predicted molar refractivity (Wildman–Crippen MR) is 61.7 cm³/mol. The van der Waals surface area contributed by atoms with Crippen LogP contribution >= 0.6 is 0 Å². The first-order valence-electron chi connectivity index (χ1n) is 5.47. The highest BCUT2D eigenvalue weighted by atomic mass is 19.4. The SMILES string of the molecule is N/C(=N/O)C(COCCc1ccccn1)C(F)(F)F. The molecule has 0 radical (unpaired) electrons. The lowest BCUT2D eigenvalue weighted by atomic mass is 10.1. The Kier molecular flexibility index (Phi) is 5.56. The van der Waals surface area contributed by atoms with Crippen LogP contribution in [0.2, 0.25) is 0 Å². The number of amidine groups is 1. The van der Waals surface area contributed by atoms with Crippen LogP contribution in [-0.4, -0.2) is 35.4 Å². The van der Waals surface area contributed by atoms with E-state index in [1.165, 1.54) is 0 Å². The highest BCUT2D eigenvalue weighted by molar-refractivity contribution is 5.83. The van der Waals surface area contributed by atoms with Crippen LogP contribution in [0.5, 0.6) is 0 Å². The zero-order valence-electron chi connectivity index (χ0n) is 9.97. The highest BCUT2D eigenvalue weighted by Crippen LogP contribution is 2.26. The first-order chi connectivity index (χ1) is 8.95. The third-order valence-electron chi connectivity index (χ3n) is 2.38. The molecule has 0 aliphatic carbocycles. The third kappa shape index (κ3) is 5.12. The van der Waals surface area contributed by atoms with Crippen LogP contribution < -0.4 is 5.73 Å². The fourth-order valence-corrected chi connectivity index (χ4v) is 1.34. The fourth-order valence-electron chi connectivity index (χ4n) is 1.34. The van der Waals surface area contributed by atoms with Crippen molar-refractivity contribution in [1.29, 1.82) is 0 Å². The second-order valence-electron chi connectivity index (χ2n) is 3.77. The van der Waals surface area contributed by atoms with E-state index in [4.69, 9.17) is 15.7 Å². The Bertz CT molecular complexity index is 409. The fraction of sp³-hybridized carbons (Fsp3) is 0.455. The molecule has 0 saturated carbocycles. The highest BCUT2D eigenvalue weighted by Gasteiger charge is 2.43. The molecule has 0 fully saturated rings. The zero-order valence-corrected chi connectivity index (χ0v) is 9.97. The number of nitrogens with zero attached hydrogens (tertiary/aromatic N) is 2. The first-order valence-corrected chi connectivity index (χ1v) is 5.47. The van der Waals surface area contributed by atoms with Gasteiger partial charge in [0, 0.05) is 18.3 Å². The molecule has 106 valence electrons. The van der Waals surface area contributed by atoms with Crippen LogP contribution in [0, 0.1) is 5.92 Å². The summed E-state index contributed by atoms with van der Waals surface area (Å²) in [6, 6.07) is 5.26. The number of hydrogen-bond acceptors (Lipinski definition) is 4. The van der Waals surface area contributed by atoms with Gasteiger partial charge in [0.2, 0.25) is 0 Å². The van der Waals surface area contributed by atoms with Crippen LogP contribution in [-0.2, 0) is 11.2 Å². The summed E-state index contributed by atoms with van der Waals surface area (Å²) in [6.45, 7) is -0.617. The van der Waals surface area contributed by atoms with Crippen molar-refractivity contribution in [3.63, 3.8) is 0 Å². The van der Waals surface area contributed by atoms with E-state index in [9.17, 15) is 13.2 Å².